The first kappa shape index (κ1) is 14.9. The van der Waals surface area contributed by atoms with Crippen molar-refractivity contribution in [2.75, 3.05) is 0 Å². The van der Waals surface area contributed by atoms with Crippen LogP contribution in [0.1, 0.15) is 17.5 Å². The Hall–Kier alpha value is -2.25. The fourth-order valence-electron chi connectivity index (χ4n) is 5.78. The third-order valence-electron chi connectivity index (χ3n) is 6.61. The van der Waals surface area contributed by atoms with Crippen molar-refractivity contribution in [1.29, 1.82) is 0 Å². The van der Waals surface area contributed by atoms with E-state index < -0.39 is 0 Å². The SMILES string of the molecule is C1=C[C@H]2C[C@@H]1[C@H]1[S+](c3ccccc3)c3ccccc3[C@@]21c1ccccc1. The van der Waals surface area contributed by atoms with Gasteiger partial charge in [0.2, 0.25) is 0 Å². The molecule has 3 aliphatic rings. The average Bonchev–Trinajstić information content (AvgIpc) is 3.39. The molecule has 1 aliphatic heterocycles. The largest absolute Gasteiger partial charge is 0.165 e. The highest BCUT2D eigenvalue weighted by molar-refractivity contribution is 7.98. The van der Waals surface area contributed by atoms with Gasteiger partial charge in [-0.15, -0.1) is 0 Å². The van der Waals surface area contributed by atoms with Crippen LogP contribution in [0.5, 0.6) is 0 Å². The first-order valence-corrected chi connectivity index (χ1v) is 10.8. The number of hydrogen-bond donors (Lipinski definition) is 0. The molecule has 0 radical (unpaired) electrons. The van der Waals surface area contributed by atoms with Crippen LogP contribution in [0.15, 0.2) is 107 Å². The van der Waals surface area contributed by atoms with Crippen LogP contribution in [0.3, 0.4) is 0 Å². The molecular weight excluding hydrogens is 332 g/mol. The molecule has 0 spiro atoms. The van der Waals surface area contributed by atoms with E-state index in [9.17, 15) is 0 Å². The minimum absolute atomic E-state index is 0.138. The summed E-state index contributed by atoms with van der Waals surface area (Å²) in [7, 11) is 0.138. The van der Waals surface area contributed by atoms with Crippen LogP contribution in [0.2, 0.25) is 0 Å². The van der Waals surface area contributed by atoms with Gasteiger partial charge in [0, 0.05) is 11.5 Å². The van der Waals surface area contributed by atoms with Crippen molar-refractivity contribution in [3.05, 3.63) is 108 Å². The van der Waals surface area contributed by atoms with E-state index in [0.717, 1.165) is 0 Å². The number of allylic oxidation sites excluding steroid dienone is 2. The zero-order valence-corrected chi connectivity index (χ0v) is 15.4. The Labute approximate surface area is 157 Å². The van der Waals surface area contributed by atoms with E-state index in [1.165, 1.54) is 16.9 Å². The minimum atomic E-state index is 0.138. The van der Waals surface area contributed by atoms with Crippen LogP contribution < -0.4 is 0 Å². The summed E-state index contributed by atoms with van der Waals surface area (Å²) in [6.45, 7) is 0. The summed E-state index contributed by atoms with van der Waals surface area (Å²) >= 11 is 0. The number of hydrogen-bond acceptors (Lipinski definition) is 0. The summed E-state index contributed by atoms with van der Waals surface area (Å²) < 4.78 is 0. The normalized spacial score (nSPS) is 33.2. The molecule has 0 amide bonds. The molecule has 5 atom stereocenters. The van der Waals surface area contributed by atoms with E-state index in [4.69, 9.17) is 0 Å². The van der Waals surface area contributed by atoms with Crippen LogP contribution in [-0.4, -0.2) is 5.25 Å². The van der Waals surface area contributed by atoms with Gasteiger partial charge in [0.25, 0.3) is 0 Å². The van der Waals surface area contributed by atoms with Gasteiger partial charge in [-0.05, 0) is 36.1 Å². The van der Waals surface area contributed by atoms with Crippen molar-refractivity contribution < 1.29 is 0 Å². The summed E-state index contributed by atoms with van der Waals surface area (Å²) in [4.78, 5) is 3.08. The fraction of sp³-hybridized carbons (Fsp3) is 0.200. The predicted molar refractivity (Wildman–Crippen MR) is 109 cm³/mol. The van der Waals surface area contributed by atoms with E-state index in [1.54, 1.807) is 10.5 Å². The van der Waals surface area contributed by atoms with E-state index in [2.05, 4.69) is 97.1 Å². The molecule has 6 rings (SSSR count). The second-order valence-electron chi connectivity index (χ2n) is 7.69. The van der Waals surface area contributed by atoms with Crippen LogP contribution in [0.4, 0.5) is 0 Å². The molecule has 1 unspecified atom stereocenters. The summed E-state index contributed by atoms with van der Waals surface area (Å²) in [6, 6.07) is 31.9. The Morgan fingerprint density at radius 2 is 1.42 bits per heavy atom. The highest BCUT2D eigenvalue weighted by Gasteiger charge is 2.71. The van der Waals surface area contributed by atoms with Gasteiger partial charge in [0.15, 0.2) is 9.79 Å². The molecule has 2 bridgehead atoms. The molecule has 26 heavy (non-hydrogen) atoms. The quantitative estimate of drug-likeness (QED) is 0.416. The second kappa shape index (κ2) is 5.37. The highest BCUT2D eigenvalue weighted by atomic mass is 32.2. The first-order chi connectivity index (χ1) is 12.9. The smallest absolute Gasteiger partial charge is 0.0835 e. The van der Waals surface area contributed by atoms with E-state index >= 15 is 0 Å². The van der Waals surface area contributed by atoms with E-state index in [1.807, 2.05) is 0 Å². The Bertz CT molecular complexity index is 991. The standard InChI is InChI=1S/C25H21S/c1-3-9-19(10-4-1)25-20-16-15-18(17-20)24(25)26(21-11-5-2-6-12-21)23-14-8-7-13-22(23)25/h1-16,18,20,24H,17H2/q+1/t18-,20+,24-,25-,26?/m1/s1. The van der Waals surface area contributed by atoms with Gasteiger partial charge in [-0.3, -0.25) is 0 Å². The van der Waals surface area contributed by atoms with E-state index in [-0.39, 0.29) is 16.3 Å². The Morgan fingerprint density at radius 3 is 2.23 bits per heavy atom. The molecule has 0 aromatic heterocycles. The minimum Gasteiger partial charge on any atom is -0.0835 e. The van der Waals surface area contributed by atoms with Gasteiger partial charge >= 0.3 is 0 Å². The van der Waals surface area contributed by atoms with Gasteiger partial charge in [0.05, 0.1) is 16.3 Å². The predicted octanol–water partition coefficient (Wildman–Crippen LogP) is 5.60. The lowest BCUT2D eigenvalue weighted by molar-refractivity contribution is 0.446. The summed E-state index contributed by atoms with van der Waals surface area (Å²) in [5.74, 6) is 1.32. The topological polar surface area (TPSA) is 0 Å². The van der Waals surface area contributed by atoms with Gasteiger partial charge in [-0.25, -0.2) is 0 Å². The molecule has 0 N–H and O–H groups in total. The van der Waals surface area contributed by atoms with Crippen molar-refractivity contribution in [3.63, 3.8) is 0 Å². The monoisotopic (exact) mass is 353 g/mol. The maximum atomic E-state index is 2.52. The molecule has 0 saturated heterocycles. The summed E-state index contributed by atoms with van der Waals surface area (Å²) in [6.07, 6.45) is 6.35. The third-order valence-corrected chi connectivity index (χ3v) is 9.45. The van der Waals surface area contributed by atoms with Crippen molar-refractivity contribution >= 4 is 10.9 Å². The van der Waals surface area contributed by atoms with Crippen molar-refractivity contribution in [3.8, 4) is 0 Å². The van der Waals surface area contributed by atoms with Crippen molar-refractivity contribution in [2.45, 2.75) is 26.9 Å². The number of benzene rings is 3. The average molecular weight is 354 g/mol. The zero-order chi connectivity index (χ0) is 17.1. The second-order valence-corrected chi connectivity index (χ2v) is 9.79. The zero-order valence-electron chi connectivity index (χ0n) is 14.6. The lowest BCUT2D eigenvalue weighted by Crippen LogP contribution is -2.43. The van der Waals surface area contributed by atoms with Crippen LogP contribution in [0.25, 0.3) is 0 Å². The molecule has 1 saturated carbocycles. The summed E-state index contributed by atoms with van der Waals surface area (Å²) in [5, 5.41) is 0.652. The molecule has 0 nitrogen and oxygen atoms in total. The maximum Gasteiger partial charge on any atom is 0.165 e. The molecule has 126 valence electrons. The first-order valence-electron chi connectivity index (χ1n) is 9.52. The maximum absolute atomic E-state index is 2.52. The lowest BCUT2D eigenvalue weighted by atomic mass is 9.66. The molecule has 1 heteroatoms. The number of rotatable bonds is 2. The molecule has 1 fully saturated rings. The third kappa shape index (κ3) is 1.72. The Kier molecular flexibility index (Phi) is 3.07. The molecule has 3 aromatic rings. The van der Waals surface area contributed by atoms with Crippen LogP contribution in [-0.2, 0) is 16.3 Å². The van der Waals surface area contributed by atoms with E-state index in [0.29, 0.717) is 17.1 Å². The van der Waals surface area contributed by atoms with Gasteiger partial charge in [0.1, 0.15) is 5.25 Å². The molecule has 2 aliphatic carbocycles. The molecule has 3 aromatic carbocycles. The number of fused-ring (bicyclic) bond motifs is 7. The van der Waals surface area contributed by atoms with Gasteiger partial charge in [-0.1, -0.05) is 78.9 Å². The van der Waals surface area contributed by atoms with Crippen molar-refractivity contribution in [1.82, 2.24) is 0 Å². The Balaban J connectivity index is 1.68. The van der Waals surface area contributed by atoms with Crippen molar-refractivity contribution in [2.24, 2.45) is 11.8 Å². The summed E-state index contributed by atoms with van der Waals surface area (Å²) in [5.41, 5.74) is 3.25. The van der Waals surface area contributed by atoms with Crippen LogP contribution in [0, 0.1) is 11.8 Å². The van der Waals surface area contributed by atoms with Crippen LogP contribution >= 0.6 is 0 Å². The fourth-order valence-corrected chi connectivity index (χ4v) is 9.11. The molecular formula is C25H21S+. The Morgan fingerprint density at radius 1 is 0.731 bits per heavy atom. The highest BCUT2D eigenvalue weighted by Crippen LogP contribution is 2.66. The molecule has 1 heterocycles. The van der Waals surface area contributed by atoms with Gasteiger partial charge < -0.3 is 0 Å². The lowest BCUT2D eigenvalue weighted by Gasteiger charge is -2.35. The van der Waals surface area contributed by atoms with Gasteiger partial charge in [-0.2, -0.15) is 0 Å².